The van der Waals surface area contributed by atoms with Crippen LogP contribution in [0.1, 0.15) is 11.4 Å². The molecule has 0 atom stereocenters. The molecule has 0 spiro atoms. The summed E-state index contributed by atoms with van der Waals surface area (Å²) in [6, 6.07) is 7.16. The molecule has 2 rings (SSSR count). The molecule has 0 saturated carbocycles. The molecule has 0 amide bonds. The van der Waals surface area contributed by atoms with E-state index in [0.717, 1.165) is 11.5 Å². The molecule has 2 aromatic rings. The maximum atomic E-state index is 8.77. The monoisotopic (exact) mass is 232 g/mol. The number of anilines is 1. The van der Waals surface area contributed by atoms with Gasteiger partial charge in [-0.05, 0) is 18.2 Å². The Bertz CT molecular complexity index is 513. The first-order valence-electron chi connectivity index (χ1n) is 4.71. The third-order valence-corrected chi connectivity index (χ3v) is 2.43. The van der Waals surface area contributed by atoms with Crippen LogP contribution >= 0.6 is 11.6 Å². The van der Waals surface area contributed by atoms with E-state index in [1.165, 1.54) is 0 Å². The van der Waals surface area contributed by atoms with Crippen LogP contribution in [0, 0.1) is 11.3 Å². The Labute approximate surface area is 97.9 Å². The predicted molar refractivity (Wildman–Crippen MR) is 62.1 cm³/mol. The summed E-state index contributed by atoms with van der Waals surface area (Å²) in [5.41, 5.74) is 1.31. The summed E-state index contributed by atoms with van der Waals surface area (Å²) in [6.45, 7) is 0.543. The summed E-state index contributed by atoms with van der Waals surface area (Å²) in [4.78, 5) is 7.05. The van der Waals surface area contributed by atoms with Gasteiger partial charge >= 0.3 is 0 Å². The highest BCUT2D eigenvalue weighted by Gasteiger charge is 2.02. The summed E-state index contributed by atoms with van der Waals surface area (Å²) in [5, 5.41) is 12.5. The second-order valence-electron chi connectivity index (χ2n) is 3.20. The molecule has 1 heterocycles. The minimum atomic E-state index is 0.543. The number of H-pyrrole nitrogens is 1. The second kappa shape index (κ2) is 4.69. The largest absolute Gasteiger partial charge is 0.377 e. The molecule has 0 aliphatic rings. The smallest absolute Gasteiger partial charge is 0.125 e. The Kier molecular flexibility index (Phi) is 3.08. The number of halogens is 1. The van der Waals surface area contributed by atoms with Crippen molar-refractivity contribution in [2.45, 2.75) is 6.54 Å². The maximum Gasteiger partial charge on any atom is 0.125 e. The molecule has 0 bridgehead atoms. The SMILES string of the molecule is N#Cc1ccc(Cl)c(NCc2ncc[nH]2)c1. The van der Waals surface area contributed by atoms with Crippen LogP contribution in [0.5, 0.6) is 0 Å². The van der Waals surface area contributed by atoms with E-state index in [2.05, 4.69) is 21.4 Å². The molecule has 0 unspecified atom stereocenters. The number of hydrogen-bond donors (Lipinski definition) is 2. The van der Waals surface area contributed by atoms with E-state index in [4.69, 9.17) is 16.9 Å². The van der Waals surface area contributed by atoms with Gasteiger partial charge in [0, 0.05) is 12.4 Å². The number of nitriles is 1. The molecule has 1 aromatic carbocycles. The normalized spacial score (nSPS) is 9.75. The summed E-state index contributed by atoms with van der Waals surface area (Å²) < 4.78 is 0. The first-order chi connectivity index (χ1) is 7.79. The minimum Gasteiger partial charge on any atom is -0.377 e. The quantitative estimate of drug-likeness (QED) is 0.855. The molecule has 1 aromatic heterocycles. The van der Waals surface area contributed by atoms with Crippen molar-refractivity contribution in [3.8, 4) is 6.07 Å². The standard InChI is InChI=1S/C11H9ClN4/c12-9-2-1-8(6-13)5-10(9)16-7-11-14-3-4-15-11/h1-5,16H,7H2,(H,14,15). The molecule has 4 nitrogen and oxygen atoms in total. The number of hydrogen-bond acceptors (Lipinski definition) is 3. The topological polar surface area (TPSA) is 64.5 Å². The number of rotatable bonds is 3. The molecule has 0 fully saturated rings. The number of aromatic amines is 1. The molecular weight excluding hydrogens is 224 g/mol. The van der Waals surface area contributed by atoms with Crippen LogP contribution in [0.25, 0.3) is 0 Å². The van der Waals surface area contributed by atoms with Gasteiger partial charge in [-0.2, -0.15) is 5.26 Å². The molecule has 2 N–H and O–H groups in total. The Morgan fingerprint density at radius 1 is 1.50 bits per heavy atom. The van der Waals surface area contributed by atoms with Crippen molar-refractivity contribution in [3.05, 3.63) is 47.0 Å². The first-order valence-corrected chi connectivity index (χ1v) is 5.09. The Hall–Kier alpha value is -1.99. The first kappa shape index (κ1) is 10.5. The molecule has 0 radical (unpaired) electrons. The van der Waals surface area contributed by atoms with E-state index in [0.29, 0.717) is 17.1 Å². The summed E-state index contributed by atoms with van der Waals surface area (Å²) in [7, 11) is 0. The van der Waals surface area contributed by atoms with Crippen LogP contribution in [0.3, 0.4) is 0 Å². The lowest BCUT2D eigenvalue weighted by Crippen LogP contribution is -2.01. The van der Waals surface area contributed by atoms with Gasteiger partial charge in [0.2, 0.25) is 0 Å². The van der Waals surface area contributed by atoms with Crippen LogP contribution in [0.2, 0.25) is 5.02 Å². The molecule has 80 valence electrons. The van der Waals surface area contributed by atoms with Crippen molar-refractivity contribution in [2.24, 2.45) is 0 Å². The summed E-state index contributed by atoms with van der Waals surface area (Å²) >= 11 is 5.99. The average molecular weight is 233 g/mol. The van der Waals surface area contributed by atoms with Crippen LogP contribution in [0.15, 0.2) is 30.6 Å². The van der Waals surface area contributed by atoms with Crippen molar-refractivity contribution < 1.29 is 0 Å². The lowest BCUT2D eigenvalue weighted by atomic mass is 10.2. The zero-order valence-electron chi connectivity index (χ0n) is 8.37. The van der Waals surface area contributed by atoms with Crippen molar-refractivity contribution in [2.75, 3.05) is 5.32 Å². The second-order valence-corrected chi connectivity index (χ2v) is 3.60. The maximum absolute atomic E-state index is 8.77. The Morgan fingerprint density at radius 2 is 2.38 bits per heavy atom. The summed E-state index contributed by atoms with van der Waals surface area (Å²) in [5.74, 6) is 0.818. The Balaban J connectivity index is 2.12. The highest BCUT2D eigenvalue weighted by atomic mass is 35.5. The average Bonchev–Trinajstić information content (AvgIpc) is 2.81. The van der Waals surface area contributed by atoms with Crippen LogP contribution in [-0.2, 0) is 6.54 Å². The van der Waals surface area contributed by atoms with Gasteiger partial charge < -0.3 is 10.3 Å². The van der Waals surface area contributed by atoms with E-state index >= 15 is 0 Å². The molecule has 5 heteroatoms. The predicted octanol–water partition coefficient (Wildman–Crippen LogP) is 2.55. The lowest BCUT2D eigenvalue weighted by molar-refractivity contribution is 1.000. The van der Waals surface area contributed by atoms with Crippen molar-refractivity contribution in [1.82, 2.24) is 9.97 Å². The molecule has 0 aliphatic heterocycles. The van der Waals surface area contributed by atoms with E-state index < -0.39 is 0 Å². The third kappa shape index (κ3) is 2.33. The van der Waals surface area contributed by atoms with E-state index in [1.807, 2.05) is 0 Å². The van der Waals surface area contributed by atoms with Gasteiger partial charge in [-0.15, -0.1) is 0 Å². The van der Waals surface area contributed by atoms with Gasteiger partial charge in [0.15, 0.2) is 0 Å². The zero-order valence-corrected chi connectivity index (χ0v) is 9.12. The van der Waals surface area contributed by atoms with Crippen LogP contribution in [-0.4, -0.2) is 9.97 Å². The summed E-state index contributed by atoms with van der Waals surface area (Å²) in [6.07, 6.45) is 3.44. The fourth-order valence-corrected chi connectivity index (χ4v) is 1.49. The highest BCUT2D eigenvalue weighted by molar-refractivity contribution is 6.33. The molecule has 0 saturated heterocycles. The molecule has 16 heavy (non-hydrogen) atoms. The van der Waals surface area contributed by atoms with E-state index in [-0.39, 0.29) is 0 Å². The van der Waals surface area contributed by atoms with Crippen LogP contribution in [0.4, 0.5) is 5.69 Å². The van der Waals surface area contributed by atoms with Gasteiger partial charge in [0.05, 0.1) is 28.9 Å². The van der Waals surface area contributed by atoms with Gasteiger partial charge in [0.1, 0.15) is 5.82 Å². The number of benzene rings is 1. The molecule has 0 aliphatic carbocycles. The number of imidazole rings is 1. The molecular formula is C11H9ClN4. The fraction of sp³-hybridized carbons (Fsp3) is 0.0909. The van der Waals surface area contributed by atoms with Gasteiger partial charge in [-0.25, -0.2) is 4.98 Å². The minimum absolute atomic E-state index is 0.543. The highest BCUT2D eigenvalue weighted by Crippen LogP contribution is 2.22. The van der Waals surface area contributed by atoms with Crippen molar-refractivity contribution in [3.63, 3.8) is 0 Å². The van der Waals surface area contributed by atoms with E-state index in [9.17, 15) is 0 Å². The zero-order chi connectivity index (χ0) is 11.4. The number of nitrogens with one attached hydrogen (secondary N) is 2. The van der Waals surface area contributed by atoms with Gasteiger partial charge in [0.25, 0.3) is 0 Å². The number of nitrogens with zero attached hydrogens (tertiary/aromatic N) is 2. The van der Waals surface area contributed by atoms with Gasteiger partial charge in [-0.1, -0.05) is 11.6 Å². The van der Waals surface area contributed by atoms with Crippen LogP contribution < -0.4 is 5.32 Å². The van der Waals surface area contributed by atoms with Crippen molar-refractivity contribution in [1.29, 1.82) is 5.26 Å². The number of aromatic nitrogens is 2. The fourth-order valence-electron chi connectivity index (χ4n) is 1.30. The van der Waals surface area contributed by atoms with Gasteiger partial charge in [-0.3, -0.25) is 0 Å². The van der Waals surface area contributed by atoms with Crippen molar-refractivity contribution >= 4 is 17.3 Å². The third-order valence-electron chi connectivity index (χ3n) is 2.10. The van der Waals surface area contributed by atoms with E-state index in [1.54, 1.807) is 30.6 Å². The Morgan fingerprint density at radius 3 is 3.06 bits per heavy atom. The lowest BCUT2D eigenvalue weighted by Gasteiger charge is -2.06.